The van der Waals surface area contributed by atoms with E-state index < -0.39 is 17.2 Å². The molecule has 6 nitrogen and oxygen atoms in total. The first-order valence-corrected chi connectivity index (χ1v) is 5.13. The number of carboxylic acid groups (broad SMARTS) is 1. The van der Waals surface area contributed by atoms with E-state index in [9.17, 15) is 9.59 Å². The maximum Gasteiger partial charge on any atom is 0.372 e. The quantitative estimate of drug-likeness (QED) is 0.887. The number of benzene rings is 1. The van der Waals surface area contributed by atoms with Crippen molar-refractivity contribution in [2.45, 2.75) is 0 Å². The molecule has 1 aromatic heterocycles. The van der Waals surface area contributed by atoms with Gasteiger partial charge in [-0.1, -0.05) is 12.1 Å². The summed E-state index contributed by atoms with van der Waals surface area (Å²) in [4.78, 5) is 22.6. The lowest BCUT2D eigenvalue weighted by molar-refractivity contribution is 0.0695. The van der Waals surface area contributed by atoms with E-state index in [1.54, 1.807) is 24.3 Å². The molecule has 0 atom stereocenters. The monoisotopic (exact) mass is 249 g/mol. The predicted octanol–water partition coefficient (Wildman–Crippen LogP) is 1.35. The lowest BCUT2D eigenvalue weighted by Gasteiger charge is -2.08. The van der Waals surface area contributed by atoms with Crippen molar-refractivity contribution in [2.24, 2.45) is 7.05 Å². The molecule has 1 aromatic carbocycles. The van der Waals surface area contributed by atoms with Crippen molar-refractivity contribution in [1.82, 2.24) is 4.74 Å². The number of methoxy groups -OCH3 is 1. The summed E-state index contributed by atoms with van der Waals surface area (Å²) in [6.07, 6.45) is 0. The maximum atomic E-state index is 11.5. The molecule has 0 spiro atoms. The van der Waals surface area contributed by atoms with Crippen LogP contribution in [0.25, 0.3) is 11.3 Å². The van der Waals surface area contributed by atoms with Crippen molar-refractivity contribution in [3.8, 4) is 17.0 Å². The SMILES string of the molecule is COc1ccccc1-c1c(C(=O)O)c(=O)on1C. The van der Waals surface area contributed by atoms with Gasteiger partial charge in [0, 0.05) is 12.6 Å². The lowest BCUT2D eigenvalue weighted by Crippen LogP contribution is -2.10. The highest BCUT2D eigenvalue weighted by Gasteiger charge is 2.24. The summed E-state index contributed by atoms with van der Waals surface area (Å²) >= 11 is 0. The molecule has 6 heteroatoms. The molecule has 18 heavy (non-hydrogen) atoms. The number of nitrogens with zero attached hydrogens (tertiary/aromatic N) is 1. The van der Waals surface area contributed by atoms with E-state index in [0.29, 0.717) is 11.3 Å². The van der Waals surface area contributed by atoms with Crippen LogP contribution in [-0.4, -0.2) is 22.9 Å². The molecule has 0 amide bonds. The van der Waals surface area contributed by atoms with Crippen LogP contribution >= 0.6 is 0 Å². The molecule has 1 N–H and O–H groups in total. The number of carboxylic acids is 1. The zero-order chi connectivity index (χ0) is 13.3. The van der Waals surface area contributed by atoms with Crippen LogP contribution in [0.2, 0.25) is 0 Å². The molecular weight excluding hydrogens is 238 g/mol. The van der Waals surface area contributed by atoms with Gasteiger partial charge >= 0.3 is 11.6 Å². The topological polar surface area (TPSA) is 81.7 Å². The Morgan fingerprint density at radius 3 is 2.67 bits per heavy atom. The second-order valence-corrected chi connectivity index (χ2v) is 3.61. The highest BCUT2D eigenvalue weighted by Crippen LogP contribution is 2.30. The zero-order valence-corrected chi connectivity index (χ0v) is 9.84. The summed E-state index contributed by atoms with van der Waals surface area (Å²) in [5.74, 6) is -0.860. The summed E-state index contributed by atoms with van der Waals surface area (Å²) in [5.41, 5.74) is -0.608. The molecule has 1 heterocycles. The van der Waals surface area contributed by atoms with Gasteiger partial charge in [0.1, 0.15) is 11.4 Å². The van der Waals surface area contributed by atoms with E-state index in [0.717, 1.165) is 4.74 Å². The molecule has 2 aromatic rings. The summed E-state index contributed by atoms with van der Waals surface area (Å²) in [5, 5.41) is 9.07. The van der Waals surface area contributed by atoms with Crippen LogP contribution in [0.1, 0.15) is 10.4 Å². The first-order chi connectivity index (χ1) is 8.56. The largest absolute Gasteiger partial charge is 0.496 e. The first-order valence-electron chi connectivity index (χ1n) is 5.13. The first kappa shape index (κ1) is 12.0. The molecule has 0 bridgehead atoms. The number of aromatic nitrogens is 1. The Labute approximate surface area is 102 Å². The van der Waals surface area contributed by atoms with Crippen LogP contribution in [0.4, 0.5) is 0 Å². The van der Waals surface area contributed by atoms with Gasteiger partial charge in [-0.25, -0.2) is 14.3 Å². The standard InChI is InChI=1S/C12H11NO5/c1-13-10(9(11(14)15)12(16)18-13)7-5-3-4-6-8(7)17-2/h3-6H,1-2H3,(H,14,15). The van der Waals surface area contributed by atoms with Crippen LogP contribution in [0.15, 0.2) is 33.6 Å². The minimum atomic E-state index is -1.33. The maximum absolute atomic E-state index is 11.5. The summed E-state index contributed by atoms with van der Waals surface area (Å²) < 4.78 is 11.1. The van der Waals surface area contributed by atoms with Gasteiger partial charge in [-0.15, -0.1) is 0 Å². The van der Waals surface area contributed by atoms with Gasteiger partial charge in [0.15, 0.2) is 5.56 Å². The Hall–Kier alpha value is -2.50. The van der Waals surface area contributed by atoms with E-state index >= 15 is 0 Å². The minimum absolute atomic E-state index is 0.185. The molecule has 94 valence electrons. The van der Waals surface area contributed by atoms with Crippen LogP contribution in [0, 0.1) is 0 Å². The van der Waals surface area contributed by atoms with Gasteiger partial charge in [-0.3, -0.25) is 0 Å². The summed E-state index contributed by atoms with van der Waals surface area (Å²) in [7, 11) is 2.94. The van der Waals surface area contributed by atoms with Crippen LogP contribution in [0.3, 0.4) is 0 Å². The van der Waals surface area contributed by atoms with Crippen molar-refractivity contribution in [3.05, 3.63) is 40.2 Å². The fraction of sp³-hybridized carbons (Fsp3) is 0.167. The molecule has 2 rings (SSSR count). The Morgan fingerprint density at radius 2 is 2.06 bits per heavy atom. The Morgan fingerprint density at radius 1 is 1.39 bits per heavy atom. The fourth-order valence-electron chi connectivity index (χ4n) is 1.80. The van der Waals surface area contributed by atoms with Crippen molar-refractivity contribution >= 4 is 5.97 Å². The molecule has 0 fully saturated rings. The number of hydrogen-bond donors (Lipinski definition) is 1. The smallest absolute Gasteiger partial charge is 0.372 e. The van der Waals surface area contributed by atoms with Crippen molar-refractivity contribution in [2.75, 3.05) is 7.11 Å². The van der Waals surface area contributed by atoms with Crippen LogP contribution in [-0.2, 0) is 7.05 Å². The van der Waals surface area contributed by atoms with Gasteiger partial charge in [0.05, 0.1) is 7.11 Å². The van der Waals surface area contributed by atoms with E-state index in [2.05, 4.69) is 0 Å². The van der Waals surface area contributed by atoms with E-state index in [1.165, 1.54) is 14.2 Å². The van der Waals surface area contributed by atoms with Crippen molar-refractivity contribution in [1.29, 1.82) is 0 Å². The Bertz CT molecular complexity index is 653. The third-order valence-electron chi connectivity index (χ3n) is 2.55. The van der Waals surface area contributed by atoms with Gasteiger partial charge in [0.2, 0.25) is 0 Å². The Balaban J connectivity index is 2.79. The third kappa shape index (κ3) is 1.77. The minimum Gasteiger partial charge on any atom is -0.496 e. The summed E-state index contributed by atoms with van der Waals surface area (Å²) in [6, 6.07) is 6.82. The molecule has 0 aliphatic carbocycles. The van der Waals surface area contributed by atoms with Crippen molar-refractivity contribution < 1.29 is 19.2 Å². The fourth-order valence-corrected chi connectivity index (χ4v) is 1.80. The second kappa shape index (κ2) is 4.40. The van der Waals surface area contributed by atoms with Gasteiger partial charge < -0.3 is 14.4 Å². The number of para-hydroxylation sites is 1. The van der Waals surface area contributed by atoms with Gasteiger partial charge in [-0.2, -0.15) is 0 Å². The van der Waals surface area contributed by atoms with E-state index in [1.807, 2.05) is 0 Å². The Kier molecular flexibility index (Phi) is 2.93. The average molecular weight is 249 g/mol. The highest BCUT2D eigenvalue weighted by molar-refractivity contribution is 5.95. The van der Waals surface area contributed by atoms with E-state index in [-0.39, 0.29) is 5.69 Å². The molecule has 0 saturated carbocycles. The average Bonchev–Trinajstić information content (AvgIpc) is 2.64. The summed E-state index contributed by atoms with van der Waals surface area (Å²) in [6.45, 7) is 0. The van der Waals surface area contributed by atoms with Crippen LogP contribution in [0.5, 0.6) is 5.75 Å². The molecular formula is C12H11NO5. The number of rotatable bonds is 3. The number of ether oxygens (including phenoxy) is 1. The number of aromatic carboxylic acids is 1. The van der Waals surface area contributed by atoms with E-state index in [4.69, 9.17) is 14.4 Å². The number of aryl methyl sites for hydroxylation is 1. The number of carbonyl (C=O) groups is 1. The van der Waals surface area contributed by atoms with Gasteiger partial charge in [-0.05, 0) is 12.1 Å². The second-order valence-electron chi connectivity index (χ2n) is 3.61. The third-order valence-corrected chi connectivity index (χ3v) is 2.55. The molecule has 0 aliphatic heterocycles. The predicted molar refractivity (Wildman–Crippen MR) is 62.9 cm³/mol. The molecule has 0 unspecified atom stereocenters. The molecule has 0 aliphatic rings. The van der Waals surface area contributed by atoms with Crippen molar-refractivity contribution in [3.63, 3.8) is 0 Å². The van der Waals surface area contributed by atoms with Crippen LogP contribution < -0.4 is 10.4 Å². The molecule has 0 radical (unpaired) electrons. The highest BCUT2D eigenvalue weighted by atomic mass is 16.5. The normalized spacial score (nSPS) is 10.3. The zero-order valence-electron chi connectivity index (χ0n) is 9.84. The molecule has 0 saturated heterocycles. The van der Waals surface area contributed by atoms with Gasteiger partial charge in [0.25, 0.3) is 0 Å². The lowest BCUT2D eigenvalue weighted by atomic mass is 10.1. The number of hydrogen-bond acceptors (Lipinski definition) is 4.